The van der Waals surface area contributed by atoms with Crippen LogP contribution >= 0.6 is 0 Å². The molecule has 1 aromatic carbocycles. The molecule has 4 aliphatic rings. The second kappa shape index (κ2) is 5.11. The minimum Gasteiger partial charge on any atom is -0.441 e. The molecule has 5 nitrogen and oxygen atoms in total. The van der Waals surface area contributed by atoms with Gasteiger partial charge in [-0.15, -0.1) is 0 Å². The minimum absolute atomic E-state index is 0.118. The molecule has 4 heterocycles. The van der Waals surface area contributed by atoms with Crippen molar-refractivity contribution >= 4 is 5.91 Å². The molecule has 1 aromatic rings. The summed E-state index contributed by atoms with van der Waals surface area (Å²) in [6.45, 7) is 1.92. The minimum atomic E-state index is -0.118. The smallest absolute Gasteiger partial charge is 0.222 e. The summed E-state index contributed by atoms with van der Waals surface area (Å²) in [5.74, 6) is 2.54. The Balaban J connectivity index is 1.71. The first kappa shape index (κ1) is 14.1. The summed E-state index contributed by atoms with van der Waals surface area (Å²) >= 11 is 0. The molecule has 0 spiro atoms. The van der Waals surface area contributed by atoms with Gasteiger partial charge in [-0.2, -0.15) is 0 Å². The Morgan fingerprint density at radius 2 is 2.12 bits per heavy atom. The Morgan fingerprint density at radius 1 is 1.25 bits per heavy atom. The second-order valence-corrected chi connectivity index (χ2v) is 7.23. The lowest BCUT2D eigenvalue weighted by Crippen LogP contribution is -2.57. The molecule has 0 saturated carbocycles. The Kier molecular flexibility index (Phi) is 3.00. The number of ether oxygens (including phenoxy) is 1. The van der Waals surface area contributed by atoms with Crippen LogP contribution in [0.15, 0.2) is 48.4 Å². The van der Waals surface area contributed by atoms with Gasteiger partial charge in [0, 0.05) is 43.0 Å². The van der Waals surface area contributed by atoms with E-state index < -0.39 is 0 Å². The molecule has 0 radical (unpaired) electrons. The van der Waals surface area contributed by atoms with Crippen LogP contribution in [0.4, 0.5) is 0 Å². The van der Waals surface area contributed by atoms with Crippen LogP contribution in [0, 0.1) is 5.92 Å². The van der Waals surface area contributed by atoms with Gasteiger partial charge in [0.1, 0.15) is 11.9 Å². The summed E-state index contributed by atoms with van der Waals surface area (Å²) < 4.78 is 6.30. The predicted octanol–water partition coefficient (Wildman–Crippen LogP) is 1.65. The van der Waals surface area contributed by atoms with Gasteiger partial charge in [0.15, 0.2) is 5.88 Å². The number of benzene rings is 1. The van der Waals surface area contributed by atoms with E-state index in [2.05, 4.69) is 46.4 Å². The molecular formula is C19H21N3O2. The highest BCUT2D eigenvalue weighted by molar-refractivity contribution is 5.77. The summed E-state index contributed by atoms with van der Waals surface area (Å²) in [6, 6.07) is 8.61. The lowest BCUT2D eigenvalue weighted by Gasteiger charge is -2.47. The fourth-order valence-electron chi connectivity index (χ4n) is 4.79. The molecule has 5 rings (SSSR count). The number of carbonyl (C=O) groups is 1. The van der Waals surface area contributed by atoms with Gasteiger partial charge in [0.25, 0.3) is 0 Å². The van der Waals surface area contributed by atoms with Gasteiger partial charge >= 0.3 is 0 Å². The molecule has 2 saturated heterocycles. The first-order chi connectivity index (χ1) is 11.7. The van der Waals surface area contributed by atoms with Crippen molar-refractivity contribution < 1.29 is 9.53 Å². The molecule has 0 bridgehead atoms. The summed E-state index contributed by atoms with van der Waals surface area (Å²) in [5, 5.41) is 3.15. The van der Waals surface area contributed by atoms with Gasteiger partial charge in [-0.05, 0) is 25.3 Å². The number of piperidine rings is 1. The number of hydrogen-bond donors (Lipinski definition) is 1. The lowest BCUT2D eigenvalue weighted by atomic mass is 9.77. The van der Waals surface area contributed by atoms with E-state index in [1.54, 1.807) is 0 Å². The van der Waals surface area contributed by atoms with E-state index in [1.807, 2.05) is 18.2 Å². The topological polar surface area (TPSA) is 44.8 Å². The van der Waals surface area contributed by atoms with Crippen molar-refractivity contribution in [3.05, 3.63) is 53.9 Å². The number of para-hydroxylation sites is 1. The average Bonchev–Trinajstić information content (AvgIpc) is 2.79. The molecule has 4 atom stereocenters. The van der Waals surface area contributed by atoms with Crippen molar-refractivity contribution in [1.29, 1.82) is 0 Å². The van der Waals surface area contributed by atoms with Crippen LogP contribution in [-0.2, 0) is 4.79 Å². The number of fused-ring (bicyclic) bond motifs is 2. The van der Waals surface area contributed by atoms with Crippen LogP contribution in [0.3, 0.4) is 0 Å². The van der Waals surface area contributed by atoms with Gasteiger partial charge in [-0.3, -0.25) is 4.79 Å². The maximum absolute atomic E-state index is 12.4. The van der Waals surface area contributed by atoms with Crippen molar-refractivity contribution in [2.75, 3.05) is 20.1 Å². The predicted molar refractivity (Wildman–Crippen MR) is 90.2 cm³/mol. The Hall–Kier alpha value is -2.27. The number of allylic oxidation sites excluding steroid dienone is 2. The van der Waals surface area contributed by atoms with E-state index in [1.165, 1.54) is 5.56 Å². The van der Waals surface area contributed by atoms with Crippen molar-refractivity contribution in [2.24, 2.45) is 5.92 Å². The monoisotopic (exact) mass is 323 g/mol. The van der Waals surface area contributed by atoms with Crippen molar-refractivity contribution in [3.8, 4) is 5.75 Å². The number of rotatable bonds is 0. The zero-order valence-corrected chi connectivity index (χ0v) is 13.7. The van der Waals surface area contributed by atoms with Crippen molar-refractivity contribution in [1.82, 2.24) is 15.1 Å². The van der Waals surface area contributed by atoms with Crippen LogP contribution in [0.5, 0.6) is 5.75 Å². The number of carbonyl (C=O) groups excluding carboxylic acids is 1. The van der Waals surface area contributed by atoms with Gasteiger partial charge in [0.2, 0.25) is 5.91 Å². The summed E-state index contributed by atoms with van der Waals surface area (Å²) in [6.07, 6.45) is 6.50. The first-order valence-electron chi connectivity index (χ1n) is 8.62. The summed E-state index contributed by atoms with van der Waals surface area (Å²) in [5.41, 5.74) is 1.25. The Labute approximate surface area is 141 Å². The van der Waals surface area contributed by atoms with E-state index in [0.29, 0.717) is 18.3 Å². The van der Waals surface area contributed by atoms with Gasteiger partial charge in [0.05, 0.1) is 0 Å². The van der Waals surface area contributed by atoms with E-state index >= 15 is 0 Å². The Morgan fingerprint density at radius 3 is 3.04 bits per heavy atom. The molecule has 124 valence electrons. The van der Waals surface area contributed by atoms with Crippen molar-refractivity contribution in [2.45, 2.75) is 24.5 Å². The van der Waals surface area contributed by atoms with Crippen LogP contribution in [0.25, 0.3) is 0 Å². The maximum atomic E-state index is 12.4. The van der Waals surface area contributed by atoms with Crippen LogP contribution < -0.4 is 10.1 Å². The van der Waals surface area contributed by atoms with E-state index in [0.717, 1.165) is 24.7 Å². The summed E-state index contributed by atoms with van der Waals surface area (Å²) in [7, 11) is 2.15. The molecule has 0 aliphatic carbocycles. The molecule has 1 N–H and O–H groups in total. The normalized spacial score (nSPS) is 34.1. The third-order valence-corrected chi connectivity index (χ3v) is 5.65. The van der Waals surface area contributed by atoms with Gasteiger partial charge < -0.3 is 19.9 Å². The van der Waals surface area contributed by atoms with Gasteiger partial charge in [-0.25, -0.2) is 0 Å². The highest BCUT2D eigenvalue weighted by Gasteiger charge is 2.48. The average molecular weight is 323 g/mol. The van der Waals surface area contributed by atoms with Gasteiger partial charge in [-0.1, -0.05) is 24.3 Å². The number of likely N-dealkylation sites (tertiary alicyclic amines) is 1. The van der Waals surface area contributed by atoms with Crippen molar-refractivity contribution in [3.63, 3.8) is 0 Å². The third kappa shape index (κ3) is 2.01. The van der Waals surface area contributed by atoms with E-state index in [-0.39, 0.29) is 18.1 Å². The molecule has 0 aromatic heterocycles. The van der Waals surface area contributed by atoms with E-state index in [9.17, 15) is 4.79 Å². The first-order valence-corrected chi connectivity index (χ1v) is 8.62. The zero-order valence-electron chi connectivity index (χ0n) is 13.7. The molecule has 2 fully saturated rings. The fourth-order valence-corrected chi connectivity index (χ4v) is 4.79. The number of nitrogens with zero attached hydrogens (tertiary/aromatic N) is 2. The number of amides is 1. The molecule has 1 amide bonds. The molecule has 24 heavy (non-hydrogen) atoms. The number of nitrogens with one attached hydrogen (secondary N) is 1. The Bertz CT molecular complexity index is 757. The molecule has 4 unspecified atom stereocenters. The quantitative estimate of drug-likeness (QED) is 0.789. The maximum Gasteiger partial charge on any atom is 0.222 e. The molecule has 4 aliphatic heterocycles. The van der Waals surface area contributed by atoms with E-state index in [4.69, 9.17) is 4.74 Å². The van der Waals surface area contributed by atoms with Crippen LogP contribution in [-0.4, -0.2) is 48.1 Å². The number of hydrogen-bond acceptors (Lipinski definition) is 4. The fraction of sp³-hybridized carbons (Fsp3) is 0.421. The molecule has 5 heteroatoms. The summed E-state index contributed by atoms with van der Waals surface area (Å²) in [4.78, 5) is 17.1. The number of likely N-dealkylation sites (N-methyl/N-ethyl adjacent to an activating group) is 1. The largest absolute Gasteiger partial charge is 0.441 e. The third-order valence-electron chi connectivity index (χ3n) is 5.65. The zero-order chi connectivity index (χ0) is 16.3. The highest BCUT2D eigenvalue weighted by Crippen LogP contribution is 2.45. The highest BCUT2D eigenvalue weighted by atomic mass is 16.5. The van der Waals surface area contributed by atoms with Crippen LogP contribution in [0.1, 0.15) is 17.9 Å². The molecular weight excluding hydrogens is 302 g/mol. The standard InChI is InChI=1S/C19H21N3O2/c1-21-10-12-9-17(23)20-16-7-4-8-18-22(16)19(12)14(11-21)13-5-2-3-6-15(13)24-18/h2-8,12,14,16,19H,9-11H2,1H3,(H,20,23). The van der Waals surface area contributed by atoms with Crippen LogP contribution in [0.2, 0.25) is 0 Å². The lowest BCUT2D eigenvalue weighted by molar-refractivity contribution is -0.122. The SMILES string of the molecule is CN1CC2CC(=O)NC3C=CC=C4Oc5ccccc5C(C1)C2N43. The second-order valence-electron chi connectivity index (χ2n) is 7.23.